The van der Waals surface area contributed by atoms with Crippen molar-refractivity contribution in [2.24, 2.45) is 0 Å². The van der Waals surface area contributed by atoms with Crippen molar-refractivity contribution in [3.8, 4) is 11.5 Å². The molecule has 0 aliphatic heterocycles. The van der Waals surface area contributed by atoms with Crippen molar-refractivity contribution in [1.82, 2.24) is 10.1 Å². The second kappa shape index (κ2) is 4.66. The smallest absolute Gasteiger partial charge is 0.257 e. The van der Waals surface area contributed by atoms with Crippen LogP contribution in [0, 0.1) is 6.92 Å². The minimum Gasteiger partial charge on any atom is -0.334 e. The molecule has 0 spiro atoms. The number of benzene rings is 1. The number of hydrogen-bond acceptors (Lipinski definition) is 3. The van der Waals surface area contributed by atoms with Gasteiger partial charge < -0.3 is 4.52 Å². The molecule has 16 heavy (non-hydrogen) atoms. The Balaban J connectivity index is 2.28. The van der Waals surface area contributed by atoms with Gasteiger partial charge in [-0.1, -0.05) is 29.8 Å². The van der Waals surface area contributed by atoms with Crippen LogP contribution in [0.2, 0.25) is 0 Å². The van der Waals surface area contributed by atoms with Crippen LogP contribution < -0.4 is 0 Å². The first-order valence-corrected chi connectivity index (χ1v) is 5.69. The largest absolute Gasteiger partial charge is 0.334 e. The third-order valence-corrected chi connectivity index (χ3v) is 2.88. The average molecular weight is 237 g/mol. The van der Waals surface area contributed by atoms with Gasteiger partial charge in [0.1, 0.15) is 0 Å². The zero-order chi connectivity index (χ0) is 11.5. The van der Waals surface area contributed by atoms with E-state index < -0.39 is 0 Å². The van der Waals surface area contributed by atoms with Gasteiger partial charge in [0.15, 0.2) is 5.82 Å². The lowest BCUT2D eigenvalue weighted by Gasteiger charge is -1.96. The first kappa shape index (κ1) is 11.1. The minimum atomic E-state index is -0.178. The second-order valence-corrected chi connectivity index (χ2v) is 4.23. The van der Waals surface area contributed by atoms with Crippen molar-refractivity contribution in [2.45, 2.75) is 25.6 Å². The van der Waals surface area contributed by atoms with Crippen LogP contribution in [0.3, 0.4) is 0 Å². The number of aryl methyl sites for hydroxylation is 1. The fourth-order valence-corrected chi connectivity index (χ4v) is 1.45. The number of alkyl halides is 1. The van der Waals surface area contributed by atoms with Gasteiger partial charge in [0.25, 0.3) is 5.89 Å². The van der Waals surface area contributed by atoms with Crippen molar-refractivity contribution in [1.29, 1.82) is 0 Å². The normalized spacial score (nSPS) is 12.7. The molecule has 3 nitrogen and oxygen atoms in total. The molecule has 1 aromatic carbocycles. The third kappa shape index (κ3) is 2.25. The standard InChI is InChI=1S/C12H13ClN2O/c1-3-10(13)11-14-12(16-15-11)9-6-4-8(2)5-7-9/h4-7,10H,3H2,1-2H3. The lowest BCUT2D eigenvalue weighted by Crippen LogP contribution is -1.90. The van der Waals surface area contributed by atoms with Crippen LogP contribution >= 0.6 is 11.6 Å². The first-order valence-electron chi connectivity index (χ1n) is 5.25. The summed E-state index contributed by atoms with van der Waals surface area (Å²) in [6.07, 6.45) is 0.786. The van der Waals surface area contributed by atoms with Crippen LogP contribution in [0.5, 0.6) is 0 Å². The molecule has 0 aliphatic carbocycles. The SMILES string of the molecule is CCC(Cl)c1noc(-c2ccc(C)cc2)n1. The van der Waals surface area contributed by atoms with Gasteiger partial charge in [0.05, 0.1) is 5.38 Å². The molecule has 0 aliphatic rings. The molecule has 0 amide bonds. The summed E-state index contributed by atoms with van der Waals surface area (Å²) in [5.41, 5.74) is 2.12. The highest BCUT2D eigenvalue weighted by atomic mass is 35.5. The first-order chi connectivity index (χ1) is 7.70. The van der Waals surface area contributed by atoms with E-state index in [4.69, 9.17) is 16.1 Å². The van der Waals surface area contributed by atoms with E-state index in [9.17, 15) is 0 Å². The molecule has 0 N–H and O–H groups in total. The Morgan fingerprint density at radius 2 is 2.00 bits per heavy atom. The van der Waals surface area contributed by atoms with Crippen LogP contribution in [-0.2, 0) is 0 Å². The number of nitrogens with zero attached hydrogens (tertiary/aromatic N) is 2. The van der Waals surface area contributed by atoms with Crippen LogP contribution in [-0.4, -0.2) is 10.1 Å². The van der Waals surface area contributed by atoms with Gasteiger partial charge in [-0.25, -0.2) is 0 Å². The van der Waals surface area contributed by atoms with Crippen LogP contribution in [0.15, 0.2) is 28.8 Å². The Morgan fingerprint density at radius 1 is 1.31 bits per heavy atom. The Morgan fingerprint density at radius 3 is 2.62 bits per heavy atom. The fourth-order valence-electron chi connectivity index (χ4n) is 1.36. The number of rotatable bonds is 3. The molecule has 0 saturated heterocycles. The maximum absolute atomic E-state index is 6.03. The van der Waals surface area contributed by atoms with Gasteiger partial charge in [-0.2, -0.15) is 4.98 Å². The van der Waals surface area contributed by atoms with E-state index in [0.29, 0.717) is 11.7 Å². The van der Waals surface area contributed by atoms with E-state index in [1.165, 1.54) is 5.56 Å². The van der Waals surface area contributed by atoms with E-state index in [0.717, 1.165) is 12.0 Å². The predicted molar refractivity (Wildman–Crippen MR) is 63.4 cm³/mol. The van der Waals surface area contributed by atoms with Crippen molar-refractivity contribution in [3.05, 3.63) is 35.7 Å². The number of aromatic nitrogens is 2. The molecule has 1 unspecified atom stereocenters. The van der Waals surface area contributed by atoms with E-state index in [2.05, 4.69) is 10.1 Å². The molecule has 4 heteroatoms. The van der Waals surface area contributed by atoms with Gasteiger partial charge in [-0.15, -0.1) is 11.6 Å². The highest BCUT2D eigenvalue weighted by Gasteiger charge is 2.14. The van der Waals surface area contributed by atoms with E-state index >= 15 is 0 Å². The summed E-state index contributed by atoms with van der Waals surface area (Å²) in [5, 5.41) is 3.69. The van der Waals surface area contributed by atoms with Gasteiger partial charge in [-0.3, -0.25) is 0 Å². The van der Waals surface area contributed by atoms with Gasteiger partial charge in [0, 0.05) is 5.56 Å². The Hall–Kier alpha value is -1.35. The lowest BCUT2D eigenvalue weighted by molar-refractivity contribution is 0.421. The van der Waals surface area contributed by atoms with Gasteiger partial charge in [0.2, 0.25) is 0 Å². The zero-order valence-electron chi connectivity index (χ0n) is 9.27. The topological polar surface area (TPSA) is 38.9 Å². The third-order valence-electron chi connectivity index (χ3n) is 2.38. The molecule has 2 aromatic rings. The summed E-state index contributed by atoms with van der Waals surface area (Å²) >= 11 is 6.03. The van der Waals surface area contributed by atoms with Crippen LogP contribution in [0.25, 0.3) is 11.5 Å². The van der Waals surface area contributed by atoms with Crippen molar-refractivity contribution >= 4 is 11.6 Å². The fraction of sp³-hybridized carbons (Fsp3) is 0.333. The Labute approximate surface area is 99.4 Å². The van der Waals surface area contributed by atoms with E-state index in [-0.39, 0.29) is 5.38 Å². The van der Waals surface area contributed by atoms with Crippen molar-refractivity contribution < 1.29 is 4.52 Å². The quantitative estimate of drug-likeness (QED) is 0.763. The monoisotopic (exact) mass is 236 g/mol. The zero-order valence-corrected chi connectivity index (χ0v) is 10.0. The molecule has 84 valence electrons. The van der Waals surface area contributed by atoms with Crippen LogP contribution in [0.1, 0.15) is 30.1 Å². The molecule has 0 fully saturated rings. The molecule has 0 saturated carbocycles. The van der Waals surface area contributed by atoms with Gasteiger partial charge >= 0.3 is 0 Å². The molecular weight excluding hydrogens is 224 g/mol. The van der Waals surface area contributed by atoms with E-state index in [1.54, 1.807) is 0 Å². The Kier molecular flexibility index (Phi) is 3.25. The molecule has 1 atom stereocenters. The molecule has 0 radical (unpaired) electrons. The second-order valence-electron chi connectivity index (χ2n) is 3.70. The average Bonchev–Trinajstić information content (AvgIpc) is 2.78. The Bertz CT molecular complexity index is 464. The summed E-state index contributed by atoms with van der Waals surface area (Å²) in [4.78, 5) is 4.27. The highest BCUT2D eigenvalue weighted by molar-refractivity contribution is 6.20. The summed E-state index contributed by atoms with van der Waals surface area (Å²) in [7, 11) is 0. The van der Waals surface area contributed by atoms with Crippen molar-refractivity contribution in [2.75, 3.05) is 0 Å². The van der Waals surface area contributed by atoms with E-state index in [1.807, 2.05) is 38.1 Å². The summed E-state index contributed by atoms with van der Waals surface area (Å²) < 4.78 is 5.17. The van der Waals surface area contributed by atoms with Gasteiger partial charge in [-0.05, 0) is 25.5 Å². The maximum atomic E-state index is 6.03. The number of halogens is 1. The molecule has 0 bridgehead atoms. The summed E-state index contributed by atoms with van der Waals surface area (Å²) in [6.45, 7) is 4.02. The lowest BCUT2D eigenvalue weighted by atomic mass is 10.1. The summed E-state index contributed by atoms with van der Waals surface area (Å²) in [6, 6.07) is 7.94. The van der Waals surface area contributed by atoms with Crippen molar-refractivity contribution in [3.63, 3.8) is 0 Å². The predicted octanol–water partition coefficient (Wildman–Crippen LogP) is 3.73. The molecule has 1 aromatic heterocycles. The molecule has 1 heterocycles. The molecular formula is C12H13ClN2O. The number of hydrogen-bond donors (Lipinski definition) is 0. The maximum Gasteiger partial charge on any atom is 0.257 e. The highest BCUT2D eigenvalue weighted by Crippen LogP contribution is 2.24. The molecule has 2 rings (SSSR count). The summed E-state index contributed by atoms with van der Waals surface area (Å²) in [5.74, 6) is 1.08. The van der Waals surface area contributed by atoms with Crippen LogP contribution in [0.4, 0.5) is 0 Å². The minimum absolute atomic E-state index is 0.178.